The van der Waals surface area contributed by atoms with Crippen LogP contribution in [-0.2, 0) is 16.4 Å². The first kappa shape index (κ1) is 21.4. The van der Waals surface area contributed by atoms with E-state index < -0.39 is 23.1 Å². The summed E-state index contributed by atoms with van der Waals surface area (Å²) < 4.78 is 38.9. The molecule has 0 aromatic heterocycles. The number of rotatable bonds is 3. The molecule has 1 aliphatic carbocycles. The van der Waals surface area contributed by atoms with Gasteiger partial charge in [0, 0.05) is 31.7 Å². The van der Waals surface area contributed by atoms with Crippen LogP contribution in [0.4, 0.5) is 13.2 Å². The fraction of sp³-hybridized carbons (Fsp3) is 0.417. The van der Waals surface area contributed by atoms with Crippen LogP contribution in [0.2, 0.25) is 0 Å². The molecule has 4 nitrogen and oxygen atoms in total. The molecule has 2 aliphatic rings. The van der Waals surface area contributed by atoms with Crippen LogP contribution in [0.3, 0.4) is 0 Å². The van der Waals surface area contributed by atoms with Crippen LogP contribution < -0.4 is 0 Å². The lowest BCUT2D eigenvalue weighted by Gasteiger charge is -2.40. The molecule has 4 rings (SSSR count). The third kappa shape index (κ3) is 4.18. The molecule has 2 fully saturated rings. The maximum Gasteiger partial charge on any atom is 0.416 e. The molecule has 1 heterocycles. The molecule has 1 saturated carbocycles. The Balaban J connectivity index is 1.45. The molecule has 1 saturated heterocycles. The molecule has 2 aromatic carbocycles. The molecule has 0 bridgehead atoms. The van der Waals surface area contributed by atoms with Crippen LogP contribution in [0.1, 0.15) is 47.2 Å². The van der Waals surface area contributed by atoms with Crippen molar-refractivity contribution >= 4 is 11.8 Å². The molecule has 2 amide bonds. The van der Waals surface area contributed by atoms with Gasteiger partial charge in [-0.3, -0.25) is 9.59 Å². The summed E-state index contributed by atoms with van der Waals surface area (Å²) in [4.78, 5) is 29.6. The number of piperazine rings is 1. The third-order valence-electron chi connectivity index (χ3n) is 6.48. The number of halogens is 3. The van der Waals surface area contributed by atoms with E-state index in [9.17, 15) is 22.8 Å². The molecule has 1 aliphatic heterocycles. The molecule has 0 spiro atoms. The second-order valence-corrected chi connectivity index (χ2v) is 8.32. The SMILES string of the molecule is O=C(c1cccc(C(F)(F)F)c1)N1CCN(C(=O)C2(c3ccccc3)CCCC2)CC1. The first-order valence-electron chi connectivity index (χ1n) is 10.6. The smallest absolute Gasteiger partial charge is 0.338 e. The maximum atomic E-state index is 13.5. The summed E-state index contributed by atoms with van der Waals surface area (Å²) in [6, 6.07) is 14.4. The van der Waals surface area contributed by atoms with Crippen molar-refractivity contribution in [2.24, 2.45) is 0 Å². The number of carbonyl (C=O) groups is 2. The van der Waals surface area contributed by atoms with Crippen LogP contribution >= 0.6 is 0 Å². The van der Waals surface area contributed by atoms with Crippen molar-refractivity contribution in [3.8, 4) is 0 Å². The Labute approximate surface area is 179 Å². The standard InChI is InChI=1S/C24H25F3N2O2/c25-24(26,27)20-10-6-7-18(17-20)21(30)28-13-15-29(16-14-28)22(31)23(11-4-5-12-23)19-8-2-1-3-9-19/h1-3,6-10,17H,4-5,11-16H2. The van der Waals surface area contributed by atoms with Crippen LogP contribution in [0.15, 0.2) is 54.6 Å². The van der Waals surface area contributed by atoms with Crippen LogP contribution in [0.5, 0.6) is 0 Å². The van der Waals surface area contributed by atoms with Gasteiger partial charge in [0.1, 0.15) is 0 Å². The zero-order chi connectivity index (χ0) is 22.1. The quantitative estimate of drug-likeness (QED) is 0.719. The van der Waals surface area contributed by atoms with Crippen molar-refractivity contribution in [2.45, 2.75) is 37.3 Å². The Bertz CT molecular complexity index is 945. The molecular formula is C24H25F3N2O2. The summed E-state index contributed by atoms with van der Waals surface area (Å²) >= 11 is 0. The van der Waals surface area contributed by atoms with Gasteiger partial charge in [0.05, 0.1) is 11.0 Å². The number of alkyl halides is 3. The molecule has 7 heteroatoms. The summed E-state index contributed by atoms with van der Waals surface area (Å²) in [5.74, 6) is -0.334. The second kappa shape index (κ2) is 8.36. The maximum absolute atomic E-state index is 13.5. The summed E-state index contributed by atoms with van der Waals surface area (Å²) in [6.07, 6.45) is -0.837. The van der Waals surface area contributed by atoms with E-state index in [0.717, 1.165) is 43.4 Å². The second-order valence-electron chi connectivity index (χ2n) is 8.32. The van der Waals surface area contributed by atoms with Gasteiger partial charge in [0.25, 0.3) is 5.91 Å². The molecule has 2 aromatic rings. The van der Waals surface area contributed by atoms with E-state index in [1.165, 1.54) is 17.0 Å². The highest BCUT2D eigenvalue weighted by molar-refractivity contribution is 5.95. The monoisotopic (exact) mass is 430 g/mol. The molecular weight excluding hydrogens is 405 g/mol. The van der Waals surface area contributed by atoms with Gasteiger partial charge in [-0.2, -0.15) is 13.2 Å². The average Bonchev–Trinajstić information content (AvgIpc) is 3.29. The molecule has 164 valence electrons. The minimum Gasteiger partial charge on any atom is -0.338 e. The van der Waals surface area contributed by atoms with Crippen molar-refractivity contribution in [2.75, 3.05) is 26.2 Å². The first-order valence-corrected chi connectivity index (χ1v) is 10.6. The van der Waals surface area contributed by atoms with Gasteiger partial charge in [-0.15, -0.1) is 0 Å². The van der Waals surface area contributed by atoms with Crippen LogP contribution in [-0.4, -0.2) is 47.8 Å². The zero-order valence-electron chi connectivity index (χ0n) is 17.2. The third-order valence-corrected chi connectivity index (χ3v) is 6.48. The van der Waals surface area contributed by atoms with Crippen molar-refractivity contribution in [1.82, 2.24) is 9.80 Å². The Hall–Kier alpha value is -2.83. The van der Waals surface area contributed by atoms with Gasteiger partial charge in [0.15, 0.2) is 0 Å². The van der Waals surface area contributed by atoms with E-state index in [-0.39, 0.29) is 11.5 Å². The van der Waals surface area contributed by atoms with E-state index in [1.54, 1.807) is 0 Å². The van der Waals surface area contributed by atoms with E-state index in [1.807, 2.05) is 35.2 Å². The molecule has 0 radical (unpaired) electrons. The fourth-order valence-electron chi connectivity index (χ4n) is 4.79. The molecule has 0 unspecified atom stereocenters. The Morgan fingerprint density at radius 1 is 0.806 bits per heavy atom. The number of benzene rings is 2. The zero-order valence-corrected chi connectivity index (χ0v) is 17.2. The van der Waals surface area contributed by atoms with Gasteiger partial charge in [-0.05, 0) is 36.6 Å². The van der Waals surface area contributed by atoms with E-state index in [0.29, 0.717) is 26.2 Å². The predicted molar refractivity (Wildman–Crippen MR) is 111 cm³/mol. The highest BCUT2D eigenvalue weighted by atomic mass is 19.4. The highest BCUT2D eigenvalue weighted by Crippen LogP contribution is 2.42. The predicted octanol–water partition coefficient (Wildman–Crippen LogP) is 4.50. The number of nitrogens with zero attached hydrogens (tertiary/aromatic N) is 2. The Morgan fingerprint density at radius 3 is 2.03 bits per heavy atom. The lowest BCUT2D eigenvalue weighted by atomic mass is 9.77. The van der Waals surface area contributed by atoms with E-state index in [2.05, 4.69) is 0 Å². The van der Waals surface area contributed by atoms with Crippen molar-refractivity contribution < 1.29 is 22.8 Å². The van der Waals surface area contributed by atoms with Gasteiger partial charge in [-0.25, -0.2) is 0 Å². The molecule has 31 heavy (non-hydrogen) atoms. The van der Waals surface area contributed by atoms with Crippen molar-refractivity contribution in [1.29, 1.82) is 0 Å². The summed E-state index contributed by atoms with van der Waals surface area (Å²) in [7, 11) is 0. The number of carbonyl (C=O) groups excluding carboxylic acids is 2. The van der Waals surface area contributed by atoms with Crippen molar-refractivity contribution in [3.05, 3.63) is 71.3 Å². The lowest BCUT2D eigenvalue weighted by Crippen LogP contribution is -2.55. The van der Waals surface area contributed by atoms with Gasteiger partial charge >= 0.3 is 6.18 Å². The highest BCUT2D eigenvalue weighted by Gasteiger charge is 2.45. The van der Waals surface area contributed by atoms with Gasteiger partial charge in [0.2, 0.25) is 5.91 Å². The molecule has 0 atom stereocenters. The van der Waals surface area contributed by atoms with Gasteiger partial charge < -0.3 is 9.80 Å². The van der Waals surface area contributed by atoms with E-state index >= 15 is 0 Å². The van der Waals surface area contributed by atoms with E-state index in [4.69, 9.17) is 0 Å². The first-order chi connectivity index (χ1) is 14.8. The number of hydrogen-bond acceptors (Lipinski definition) is 2. The van der Waals surface area contributed by atoms with Crippen LogP contribution in [0, 0.1) is 0 Å². The number of hydrogen-bond donors (Lipinski definition) is 0. The largest absolute Gasteiger partial charge is 0.416 e. The summed E-state index contributed by atoms with van der Waals surface area (Å²) in [6.45, 7) is 1.40. The number of amides is 2. The summed E-state index contributed by atoms with van der Waals surface area (Å²) in [5, 5.41) is 0. The lowest BCUT2D eigenvalue weighted by molar-refractivity contribution is -0.139. The average molecular weight is 430 g/mol. The summed E-state index contributed by atoms with van der Waals surface area (Å²) in [5.41, 5.74) is -0.279. The minimum atomic E-state index is -4.49. The minimum absolute atomic E-state index is 0.0196. The van der Waals surface area contributed by atoms with Gasteiger partial charge in [-0.1, -0.05) is 49.2 Å². The topological polar surface area (TPSA) is 40.6 Å². The van der Waals surface area contributed by atoms with Crippen LogP contribution in [0.25, 0.3) is 0 Å². The van der Waals surface area contributed by atoms with Crippen molar-refractivity contribution in [3.63, 3.8) is 0 Å². The normalized spacial score (nSPS) is 18.8. The molecule has 0 N–H and O–H groups in total. The Kier molecular flexibility index (Phi) is 5.77. The Morgan fingerprint density at radius 2 is 1.42 bits per heavy atom. The fourth-order valence-corrected chi connectivity index (χ4v) is 4.79.